The molecule has 1 N–H and O–H groups in total. The van der Waals surface area contributed by atoms with E-state index in [4.69, 9.17) is 0 Å². The number of hydrogen-bond acceptors (Lipinski definition) is 3. The van der Waals surface area contributed by atoms with Gasteiger partial charge < -0.3 is 5.32 Å². The molecule has 0 radical (unpaired) electrons. The zero-order valence-corrected chi connectivity index (χ0v) is 14.0. The van der Waals surface area contributed by atoms with Crippen molar-refractivity contribution in [1.82, 2.24) is 14.9 Å². The number of halogens is 1. The van der Waals surface area contributed by atoms with Gasteiger partial charge in [0.05, 0.1) is 16.9 Å². The number of carbonyl (C=O) groups is 1. The Hall–Kier alpha value is -3.02. The van der Waals surface area contributed by atoms with E-state index < -0.39 is 6.04 Å². The van der Waals surface area contributed by atoms with Crippen molar-refractivity contribution in [2.24, 2.45) is 0 Å². The molecule has 1 amide bonds. The van der Waals surface area contributed by atoms with Gasteiger partial charge in [-0.1, -0.05) is 30.3 Å². The Labute approximate surface area is 144 Å². The van der Waals surface area contributed by atoms with Crippen molar-refractivity contribution >= 4 is 16.8 Å². The van der Waals surface area contributed by atoms with Gasteiger partial charge in [0, 0.05) is 5.56 Å². The second-order valence-corrected chi connectivity index (χ2v) is 5.88. The summed E-state index contributed by atoms with van der Waals surface area (Å²) in [4.78, 5) is 29.3. The van der Waals surface area contributed by atoms with E-state index in [1.807, 2.05) is 0 Å². The minimum Gasteiger partial charge on any atom is -0.348 e. The fraction of sp³-hybridized carbons (Fsp3) is 0.211. The first-order chi connectivity index (χ1) is 12.0. The van der Waals surface area contributed by atoms with Crippen molar-refractivity contribution in [2.75, 3.05) is 0 Å². The van der Waals surface area contributed by atoms with Gasteiger partial charge in [0.1, 0.15) is 18.2 Å². The van der Waals surface area contributed by atoms with E-state index in [9.17, 15) is 14.0 Å². The van der Waals surface area contributed by atoms with Crippen LogP contribution in [0.1, 0.15) is 24.4 Å². The van der Waals surface area contributed by atoms with Crippen molar-refractivity contribution in [3.63, 3.8) is 0 Å². The summed E-state index contributed by atoms with van der Waals surface area (Å²) in [5.41, 5.74) is 0.731. The molecule has 1 atom stereocenters. The van der Waals surface area contributed by atoms with Crippen LogP contribution in [0.2, 0.25) is 0 Å². The van der Waals surface area contributed by atoms with Gasteiger partial charge in [-0.25, -0.2) is 9.37 Å². The molecule has 0 saturated heterocycles. The lowest BCUT2D eigenvalue weighted by Crippen LogP contribution is -2.35. The van der Waals surface area contributed by atoms with E-state index >= 15 is 0 Å². The largest absolute Gasteiger partial charge is 0.348 e. The third kappa shape index (κ3) is 3.42. The van der Waals surface area contributed by atoms with Gasteiger partial charge in [-0.2, -0.15) is 0 Å². The van der Waals surface area contributed by atoms with E-state index in [2.05, 4.69) is 10.3 Å². The maximum absolute atomic E-state index is 13.8. The highest BCUT2D eigenvalue weighted by molar-refractivity contribution is 5.79. The lowest BCUT2D eigenvalue weighted by molar-refractivity contribution is -0.122. The van der Waals surface area contributed by atoms with E-state index in [1.54, 1.807) is 56.3 Å². The Morgan fingerprint density at radius 1 is 1.20 bits per heavy atom. The minimum absolute atomic E-state index is 0.165. The third-order valence-electron chi connectivity index (χ3n) is 4.10. The molecule has 1 heterocycles. The van der Waals surface area contributed by atoms with Crippen LogP contribution in [0.25, 0.3) is 10.9 Å². The van der Waals surface area contributed by atoms with Crippen molar-refractivity contribution in [3.8, 4) is 0 Å². The maximum Gasteiger partial charge on any atom is 0.261 e. The first-order valence-electron chi connectivity index (χ1n) is 7.97. The predicted molar refractivity (Wildman–Crippen MR) is 93.7 cm³/mol. The van der Waals surface area contributed by atoms with Gasteiger partial charge in [-0.05, 0) is 32.0 Å². The average Bonchev–Trinajstić information content (AvgIpc) is 2.59. The molecule has 0 fully saturated rings. The summed E-state index contributed by atoms with van der Waals surface area (Å²) in [5, 5.41) is 3.18. The van der Waals surface area contributed by atoms with E-state index in [0.717, 1.165) is 0 Å². The Morgan fingerprint density at radius 3 is 2.64 bits per heavy atom. The van der Waals surface area contributed by atoms with Crippen LogP contribution in [0.5, 0.6) is 0 Å². The zero-order chi connectivity index (χ0) is 18.0. The van der Waals surface area contributed by atoms with Crippen LogP contribution in [0, 0.1) is 12.7 Å². The topological polar surface area (TPSA) is 64.0 Å². The number of aryl methyl sites for hydroxylation is 1. The molecule has 1 aromatic heterocycles. The Balaban J connectivity index is 1.83. The molecule has 5 nitrogen and oxygen atoms in total. The maximum atomic E-state index is 13.8. The van der Waals surface area contributed by atoms with Crippen LogP contribution < -0.4 is 10.9 Å². The summed E-state index contributed by atoms with van der Waals surface area (Å²) < 4.78 is 15.1. The summed E-state index contributed by atoms with van der Waals surface area (Å²) >= 11 is 0. The van der Waals surface area contributed by atoms with Gasteiger partial charge >= 0.3 is 0 Å². The Bertz CT molecular complexity index is 997. The number of para-hydroxylation sites is 1. The number of amides is 1. The number of benzene rings is 2. The number of nitrogens with one attached hydrogen (secondary N) is 1. The van der Waals surface area contributed by atoms with Gasteiger partial charge in [0.2, 0.25) is 5.91 Å². The Kier molecular flexibility index (Phi) is 4.61. The van der Waals surface area contributed by atoms with Gasteiger partial charge in [0.15, 0.2) is 0 Å². The molecule has 0 aliphatic heterocycles. The molecular weight excluding hydrogens is 321 g/mol. The normalized spacial score (nSPS) is 12.1. The molecule has 25 heavy (non-hydrogen) atoms. The molecule has 6 heteroatoms. The monoisotopic (exact) mass is 339 g/mol. The molecule has 0 saturated carbocycles. The zero-order valence-electron chi connectivity index (χ0n) is 14.0. The smallest absolute Gasteiger partial charge is 0.261 e. The van der Waals surface area contributed by atoms with Crippen LogP contribution in [0.4, 0.5) is 4.39 Å². The van der Waals surface area contributed by atoms with Crippen molar-refractivity contribution < 1.29 is 9.18 Å². The molecule has 0 aliphatic carbocycles. The van der Waals surface area contributed by atoms with Gasteiger partial charge in [0.25, 0.3) is 5.56 Å². The average molecular weight is 339 g/mol. The van der Waals surface area contributed by atoms with E-state index in [-0.39, 0.29) is 23.8 Å². The molecule has 2 aromatic carbocycles. The molecule has 3 rings (SSSR count). The lowest BCUT2D eigenvalue weighted by atomic mass is 10.1. The van der Waals surface area contributed by atoms with E-state index in [0.29, 0.717) is 22.3 Å². The fourth-order valence-corrected chi connectivity index (χ4v) is 2.80. The van der Waals surface area contributed by atoms with Crippen LogP contribution in [-0.2, 0) is 11.3 Å². The summed E-state index contributed by atoms with van der Waals surface area (Å²) in [5.74, 6) is -0.300. The SMILES string of the molecule is Cc1nc2ccccc2c(=O)n1CC(=O)N[C@H](C)c1ccccc1F. The van der Waals surface area contributed by atoms with E-state index in [1.165, 1.54) is 10.6 Å². The van der Waals surface area contributed by atoms with Crippen molar-refractivity contribution in [3.05, 3.63) is 76.1 Å². The molecule has 128 valence electrons. The highest BCUT2D eigenvalue weighted by atomic mass is 19.1. The number of aromatic nitrogens is 2. The number of carbonyl (C=O) groups excluding carboxylic acids is 1. The first kappa shape index (κ1) is 16.8. The second kappa shape index (κ2) is 6.84. The highest BCUT2D eigenvalue weighted by Gasteiger charge is 2.15. The highest BCUT2D eigenvalue weighted by Crippen LogP contribution is 2.16. The second-order valence-electron chi connectivity index (χ2n) is 5.88. The molecule has 3 aromatic rings. The van der Waals surface area contributed by atoms with Crippen LogP contribution in [-0.4, -0.2) is 15.5 Å². The predicted octanol–water partition coefficient (Wildman–Crippen LogP) is 2.72. The lowest BCUT2D eigenvalue weighted by Gasteiger charge is -2.16. The summed E-state index contributed by atoms with van der Waals surface area (Å²) in [6.45, 7) is 3.22. The fourth-order valence-electron chi connectivity index (χ4n) is 2.80. The van der Waals surface area contributed by atoms with Gasteiger partial charge in [-0.15, -0.1) is 0 Å². The number of hydrogen-bond donors (Lipinski definition) is 1. The van der Waals surface area contributed by atoms with Crippen LogP contribution in [0.15, 0.2) is 53.3 Å². The molecular formula is C19H18FN3O2. The Morgan fingerprint density at radius 2 is 1.88 bits per heavy atom. The van der Waals surface area contributed by atoms with Gasteiger partial charge in [-0.3, -0.25) is 14.2 Å². The molecule has 0 aliphatic rings. The molecule has 0 spiro atoms. The number of nitrogens with zero attached hydrogens (tertiary/aromatic N) is 2. The standard InChI is InChI=1S/C19H18FN3O2/c1-12(14-7-3-5-9-16(14)20)21-18(24)11-23-13(2)22-17-10-6-4-8-15(17)19(23)25/h3-10,12H,11H2,1-2H3,(H,21,24)/t12-/m1/s1. The summed E-state index contributed by atoms with van der Waals surface area (Å²) in [6, 6.07) is 12.8. The summed E-state index contributed by atoms with van der Waals surface area (Å²) in [7, 11) is 0. The molecule has 0 unspecified atom stereocenters. The van der Waals surface area contributed by atoms with Crippen molar-refractivity contribution in [2.45, 2.75) is 26.4 Å². The van der Waals surface area contributed by atoms with Crippen LogP contribution >= 0.6 is 0 Å². The summed E-state index contributed by atoms with van der Waals surface area (Å²) in [6.07, 6.45) is 0. The third-order valence-corrected chi connectivity index (χ3v) is 4.10. The first-order valence-corrected chi connectivity index (χ1v) is 7.97. The number of rotatable bonds is 4. The van der Waals surface area contributed by atoms with Crippen molar-refractivity contribution in [1.29, 1.82) is 0 Å². The minimum atomic E-state index is -0.502. The quantitative estimate of drug-likeness (QED) is 0.795. The van der Waals surface area contributed by atoms with Crippen LogP contribution in [0.3, 0.4) is 0 Å². The number of fused-ring (bicyclic) bond motifs is 1. The molecule has 0 bridgehead atoms.